The average Bonchev–Trinajstić information content (AvgIpc) is 3.83. The lowest BCUT2D eigenvalue weighted by molar-refractivity contribution is -0.398. The molecule has 10 rings (SSSR count). The molecule has 0 aromatic carbocycles. The molecule has 4 aliphatic carbocycles. The Morgan fingerprint density at radius 1 is 0.541 bits per heavy atom. The molecule has 0 aromatic heterocycles. The minimum Gasteiger partial charge on any atom is -0.394 e. The lowest BCUT2D eigenvalue weighted by Crippen LogP contribution is -2.67. The fourth-order valence-electron chi connectivity index (χ4n) is 15.5. The van der Waals surface area contributed by atoms with Gasteiger partial charge >= 0.3 is 0 Å². The molecular formula is C51H82O23. The van der Waals surface area contributed by atoms with Crippen molar-refractivity contribution in [3.63, 3.8) is 0 Å². The molecule has 424 valence electrons. The molecule has 6 saturated heterocycles. The van der Waals surface area contributed by atoms with Gasteiger partial charge in [-0.3, -0.25) is 0 Å². The molecule has 6 aliphatic heterocycles. The summed E-state index contributed by atoms with van der Waals surface area (Å²) in [6, 6.07) is 0. The molecule has 13 N–H and O–H groups in total. The molecular weight excluding hydrogens is 981 g/mol. The summed E-state index contributed by atoms with van der Waals surface area (Å²) in [5, 5.41) is 138. The van der Waals surface area contributed by atoms with E-state index in [0.717, 1.165) is 38.5 Å². The van der Waals surface area contributed by atoms with Gasteiger partial charge in [0.05, 0.1) is 38.1 Å². The Hall–Kier alpha value is -1.18. The molecule has 74 heavy (non-hydrogen) atoms. The summed E-state index contributed by atoms with van der Waals surface area (Å²) < 4.78 is 62.3. The largest absolute Gasteiger partial charge is 0.394 e. The third-order valence-corrected chi connectivity index (χ3v) is 19.9. The first kappa shape index (κ1) is 56.1. The van der Waals surface area contributed by atoms with Crippen molar-refractivity contribution in [3.8, 4) is 0 Å². The molecule has 23 nitrogen and oxygen atoms in total. The number of rotatable bonds is 11. The van der Waals surface area contributed by atoms with Gasteiger partial charge in [-0.15, -0.1) is 0 Å². The SMILES string of the molecule is C[C@@H]1CC[C@@]2(OC1O[C@@H]1O[C@H](CO)[C@@H](O)[C@H](O)[C@H]1O)O[C@H]1C[C@H]3[C@@H]4CC=C5C[C@@H](O[C@@H]6O[C@H](CO)[C@@H](O[C@@H]7O[C@H](CO)[C@@H](O)[C@H](O)[C@H]7O)[C@H](O)[C@H]6O[C@@H]6O[C@@H](C)[C@H](O)[C@@H](O)[C@H]6O)CC[C@]5(C)[C@H]4CC[C@]3(C)[C@H]1[C@@H]2C. The van der Waals surface area contributed by atoms with E-state index >= 15 is 0 Å². The van der Waals surface area contributed by atoms with E-state index in [1.165, 1.54) is 12.5 Å². The van der Waals surface area contributed by atoms with Gasteiger partial charge in [0.1, 0.15) is 91.6 Å². The van der Waals surface area contributed by atoms with Crippen molar-refractivity contribution in [1.29, 1.82) is 0 Å². The predicted octanol–water partition coefficient (Wildman–Crippen LogP) is -2.64. The molecule has 10 aliphatic rings. The Morgan fingerprint density at radius 2 is 1.12 bits per heavy atom. The predicted molar refractivity (Wildman–Crippen MR) is 248 cm³/mol. The maximum atomic E-state index is 12.1. The Labute approximate surface area is 430 Å². The van der Waals surface area contributed by atoms with Crippen LogP contribution in [0.15, 0.2) is 11.6 Å². The van der Waals surface area contributed by atoms with E-state index < -0.39 is 161 Å². The molecule has 0 radical (unpaired) electrons. The van der Waals surface area contributed by atoms with E-state index in [1.54, 1.807) is 0 Å². The van der Waals surface area contributed by atoms with Gasteiger partial charge in [0.2, 0.25) is 0 Å². The first-order valence-corrected chi connectivity index (χ1v) is 27.0. The van der Waals surface area contributed by atoms with Gasteiger partial charge in [0, 0.05) is 18.3 Å². The second kappa shape index (κ2) is 21.4. The van der Waals surface area contributed by atoms with Gasteiger partial charge in [-0.2, -0.15) is 0 Å². The maximum absolute atomic E-state index is 12.1. The highest BCUT2D eigenvalue weighted by Crippen LogP contribution is 2.71. The van der Waals surface area contributed by atoms with Gasteiger partial charge in [-0.25, -0.2) is 0 Å². The maximum Gasteiger partial charge on any atom is 0.189 e. The lowest BCUT2D eigenvalue weighted by atomic mass is 9.47. The summed E-state index contributed by atoms with van der Waals surface area (Å²) in [7, 11) is 0. The summed E-state index contributed by atoms with van der Waals surface area (Å²) >= 11 is 0. The summed E-state index contributed by atoms with van der Waals surface area (Å²) in [5.41, 5.74) is 1.06. The average molecular weight is 1060 g/mol. The van der Waals surface area contributed by atoms with Crippen LogP contribution in [-0.4, -0.2) is 233 Å². The van der Waals surface area contributed by atoms with Crippen molar-refractivity contribution in [3.05, 3.63) is 11.6 Å². The third kappa shape index (κ3) is 9.38. The number of allylic oxidation sites excluding steroid dienone is 1. The topological polar surface area (TPSA) is 355 Å². The zero-order valence-electron chi connectivity index (χ0n) is 42.7. The fraction of sp³-hybridized carbons (Fsp3) is 0.961. The van der Waals surface area contributed by atoms with Gasteiger partial charge in [-0.1, -0.05) is 39.3 Å². The van der Waals surface area contributed by atoms with Crippen LogP contribution in [0.2, 0.25) is 0 Å². The second-order valence-electron chi connectivity index (χ2n) is 24.0. The Balaban J connectivity index is 0.826. The molecule has 1 unspecified atom stereocenters. The van der Waals surface area contributed by atoms with Crippen molar-refractivity contribution in [1.82, 2.24) is 0 Å². The first-order valence-electron chi connectivity index (χ1n) is 27.0. The number of aliphatic hydroxyl groups excluding tert-OH is 13. The van der Waals surface area contributed by atoms with Gasteiger partial charge < -0.3 is 114 Å². The van der Waals surface area contributed by atoms with Crippen LogP contribution in [0.5, 0.6) is 0 Å². The van der Waals surface area contributed by atoms with Crippen molar-refractivity contribution in [2.75, 3.05) is 19.8 Å². The highest BCUT2D eigenvalue weighted by Gasteiger charge is 2.70. The summed E-state index contributed by atoms with van der Waals surface area (Å²) in [6.07, 6.45) is -22.6. The molecule has 3 saturated carbocycles. The Morgan fingerprint density at radius 3 is 1.76 bits per heavy atom. The molecule has 23 heteroatoms. The van der Waals surface area contributed by atoms with Gasteiger partial charge in [0.15, 0.2) is 37.2 Å². The van der Waals surface area contributed by atoms with Crippen LogP contribution in [-0.2, 0) is 47.4 Å². The zero-order chi connectivity index (χ0) is 53.1. The molecule has 32 atom stereocenters. The van der Waals surface area contributed by atoms with Crippen LogP contribution in [0.4, 0.5) is 0 Å². The van der Waals surface area contributed by atoms with Crippen LogP contribution >= 0.6 is 0 Å². The molecule has 0 amide bonds. The molecule has 9 fully saturated rings. The number of ether oxygens (including phenoxy) is 10. The first-order chi connectivity index (χ1) is 35.1. The molecule has 1 spiro atoms. The van der Waals surface area contributed by atoms with E-state index in [0.29, 0.717) is 37.0 Å². The summed E-state index contributed by atoms with van der Waals surface area (Å²) in [5.74, 6) is 0.341. The third-order valence-electron chi connectivity index (χ3n) is 19.9. The quantitative estimate of drug-likeness (QED) is 0.0941. The number of hydrogen-bond donors (Lipinski definition) is 13. The van der Waals surface area contributed by atoms with Crippen molar-refractivity contribution in [2.45, 2.75) is 240 Å². The van der Waals surface area contributed by atoms with Crippen LogP contribution in [0.1, 0.15) is 92.4 Å². The highest BCUT2D eigenvalue weighted by atomic mass is 16.8. The molecule has 6 heterocycles. The number of aliphatic hydroxyl groups is 13. The Bertz CT molecular complexity index is 1970. The monoisotopic (exact) mass is 1060 g/mol. The van der Waals surface area contributed by atoms with Crippen molar-refractivity contribution >= 4 is 0 Å². The molecule has 0 bridgehead atoms. The van der Waals surface area contributed by atoms with E-state index in [4.69, 9.17) is 47.4 Å². The van der Waals surface area contributed by atoms with E-state index in [-0.39, 0.29) is 34.7 Å². The van der Waals surface area contributed by atoms with E-state index in [1.807, 2.05) is 6.92 Å². The standard InChI is InChI=1S/C51H82O23/c1-19-8-13-51(74-44(19)72-47-40(63)37(60)34(57)29(17-53)68-47)20(2)31-27(73-51)15-26-24-7-6-22-14-23(9-11-49(22,4)25(24)10-12-50(26,31)5)66-48-43(71-45-38(61)35(58)32(55)21(3)65-45)41(64)42(30(18-54)69-48)70-46-39(62)36(59)33(56)28(16-52)67-46/h6,19-21,23-48,52-64H,7-18H2,1-5H3/t19-,20+,21+,23+,24-,25+,26+,27+,28-,29-,30-,31+,32+,33-,34-,35-,36+,37+,38-,39-,40-,41+,42-,43-,44?,45+,46+,47+,48-,49+,50+,51+/m1/s1. The van der Waals surface area contributed by atoms with E-state index in [2.05, 4.69) is 26.8 Å². The van der Waals surface area contributed by atoms with Crippen LogP contribution in [0.3, 0.4) is 0 Å². The van der Waals surface area contributed by atoms with Gasteiger partial charge in [0.25, 0.3) is 0 Å². The normalized spacial score (nSPS) is 57.5. The highest BCUT2D eigenvalue weighted by molar-refractivity contribution is 5.26. The number of fused-ring (bicyclic) bond motifs is 7. The van der Waals surface area contributed by atoms with Gasteiger partial charge in [-0.05, 0) is 92.8 Å². The smallest absolute Gasteiger partial charge is 0.189 e. The van der Waals surface area contributed by atoms with Crippen molar-refractivity contribution in [2.24, 2.45) is 46.3 Å². The lowest BCUT2D eigenvalue weighted by Gasteiger charge is -2.59. The second-order valence-corrected chi connectivity index (χ2v) is 24.0. The fourth-order valence-corrected chi connectivity index (χ4v) is 15.5. The summed E-state index contributed by atoms with van der Waals surface area (Å²) in [4.78, 5) is 0. The van der Waals surface area contributed by atoms with Crippen molar-refractivity contribution < 1.29 is 114 Å². The van der Waals surface area contributed by atoms with E-state index in [9.17, 15) is 66.4 Å². The van der Waals surface area contributed by atoms with Crippen LogP contribution in [0, 0.1) is 46.3 Å². The zero-order valence-corrected chi connectivity index (χ0v) is 42.7. The van der Waals surface area contributed by atoms with Crippen LogP contribution in [0.25, 0.3) is 0 Å². The van der Waals surface area contributed by atoms with Crippen LogP contribution < -0.4 is 0 Å². The summed E-state index contributed by atoms with van der Waals surface area (Å²) in [6.45, 7) is 8.41. The Kier molecular flexibility index (Phi) is 16.2. The number of hydrogen-bond acceptors (Lipinski definition) is 23. The minimum atomic E-state index is -1.85. The minimum absolute atomic E-state index is 0.00616. The molecule has 0 aromatic rings.